The molecular formula is C13H21BrN2O. The zero-order chi connectivity index (χ0) is 12.8. The fraction of sp³-hybridized carbons (Fsp3) is 0.538. The van der Waals surface area contributed by atoms with Crippen molar-refractivity contribution in [3.8, 4) is 0 Å². The third kappa shape index (κ3) is 4.39. The van der Waals surface area contributed by atoms with Crippen LogP contribution in [0.15, 0.2) is 28.7 Å². The van der Waals surface area contributed by atoms with Gasteiger partial charge < -0.3 is 10.6 Å². The highest BCUT2D eigenvalue weighted by atomic mass is 79.9. The van der Waals surface area contributed by atoms with E-state index < -0.39 is 0 Å². The van der Waals surface area contributed by atoms with Crippen LogP contribution in [0.1, 0.15) is 25.5 Å². The van der Waals surface area contributed by atoms with Crippen molar-refractivity contribution in [1.29, 1.82) is 0 Å². The minimum atomic E-state index is 0.107. The molecule has 0 saturated heterocycles. The fourth-order valence-electron chi connectivity index (χ4n) is 1.79. The predicted octanol–water partition coefficient (Wildman–Crippen LogP) is 2.97. The number of nitrogens with two attached hydrogens (primary N) is 1. The summed E-state index contributed by atoms with van der Waals surface area (Å²) in [5.41, 5.74) is 7.04. The SMILES string of the molecule is CON(CC(C)C)C(CN)c1ccc(Br)cc1. The van der Waals surface area contributed by atoms with E-state index in [1.165, 1.54) is 5.56 Å². The predicted molar refractivity (Wildman–Crippen MR) is 74.5 cm³/mol. The molecular weight excluding hydrogens is 280 g/mol. The molecule has 3 nitrogen and oxygen atoms in total. The maximum Gasteiger partial charge on any atom is 0.0724 e. The molecule has 0 fully saturated rings. The van der Waals surface area contributed by atoms with E-state index in [1.54, 1.807) is 7.11 Å². The first-order valence-corrected chi connectivity index (χ1v) is 6.64. The Morgan fingerprint density at radius 2 is 1.88 bits per heavy atom. The average Bonchev–Trinajstić information content (AvgIpc) is 2.30. The number of rotatable bonds is 6. The molecule has 0 saturated carbocycles. The van der Waals surface area contributed by atoms with Crippen molar-refractivity contribution in [2.24, 2.45) is 11.7 Å². The van der Waals surface area contributed by atoms with Gasteiger partial charge in [-0.1, -0.05) is 41.9 Å². The standard InChI is InChI=1S/C13H21BrN2O/c1-10(2)9-16(17-3)13(8-15)11-4-6-12(14)7-5-11/h4-7,10,13H,8-9,15H2,1-3H3. The number of hydrogen-bond donors (Lipinski definition) is 1. The monoisotopic (exact) mass is 300 g/mol. The molecule has 0 bridgehead atoms. The van der Waals surface area contributed by atoms with Crippen LogP contribution in [0.5, 0.6) is 0 Å². The molecule has 0 spiro atoms. The molecule has 0 aliphatic heterocycles. The highest BCUT2D eigenvalue weighted by molar-refractivity contribution is 9.10. The van der Waals surface area contributed by atoms with Gasteiger partial charge in [0.05, 0.1) is 13.2 Å². The van der Waals surface area contributed by atoms with Gasteiger partial charge in [0, 0.05) is 17.6 Å². The van der Waals surface area contributed by atoms with E-state index in [0.29, 0.717) is 12.5 Å². The average molecular weight is 301 g/mol. The summed E-state index contributed by atoms with van der Waals surface area (Å²) in [7, 11) is 1.70. The van der Waals surface area contributed by atoms with Crippen LogP contribution in [0.3, 0.4) is 0 Å². The van der Waals surface area contributed by atoms with Crippen LogP contribution in [-0.4, -0.2) is 25.3 Å². The largest absolute Gasteiger partial charge is 0.329 e. The minimum Gasteiger partial charge on any atom is -0.329 e. The van der Waals surface area contributed by atoms with E-state index in [1.807, 2.05) is 17.2 Å². The molecule has 4 heteroatoms. The lowest BCUT2D eigenvalue weighted by Crippen LogP contribution is -2.35. The highest BCUT2D eigenvalue weighted by Crippen LogP contribution is 2.22. The lowest BCUT2D eigenvalue weighted by atomic mass is 10.1. The summed E-state index contributed by atoms with van der Waals surface area (Å²) >= 11 is 3.43. The van der Waals surface area contributed by atoms with Gasteiger partial charge >= 0.3 is 0 Å². The fourth-order valence-corrected chi connectivity index (χ4v) is 2.06. The van der Waals surface area contributed by atoms with Crippen molar-refractivity contribution < 1.29 is 4.84 Å². The molecule has 0 amide bonds. The second kappa shape index (κ2) is 7.11. The van der Waals surface area contributed by atoms with Gasteiger partial charge in [-0.05, 0) is 23.6 Å². The minimum absolute atomic E-state index is 0.107. The van der Waals surface area contributed by atoms with E-state index in [2.05, 4.69) is 41.9 Å². The van der Waals surface area contributed by atoms with Crippen LogP contribution in [0.25, 0.3) is 0 Å². The van der Waals surface area contributed by atoms with E-state index in [9.17, 15) is 0 Å². The van der Waals surface area contributed by atoms with Crippen LogP contribution >= 0.6 is 15.9 Å². The summed E-state index contributed by atoms with van der Waals surface area (Å²) in [6.07, 6.45) is 0. The summed E-state index contributed by atoms with van der Waals surface area (Å²) in [5, 5.41) is 1.95. The first kappa shape index (κ1) is 14.6. The molecule has 2 N–H and O–H groups in total. The first-order valence-electron chi connectivity index (χ1n) is 5.84. The number of hydroxylamine groups is 2. The van der Waals surface area contributed by atoms with Crippen molar-refractivity contribution in [3.63, 3.8) is 0 Å². The van der Waals surface area contributed by atoms with Crippen LogP contribution in [0.4, 0.5) is 0 Å². The van der Waals surface area contributed by atoms with E-state index in [0.717, 1.165) is 11.0 Å². The van der Waals surface area contributed by atoms with Crippen molar-refractivity contribution in [1.82, 2.24) is 5.06 Å². The van der Waals surface area contributed by atoms with Crippen LogP contribution < -0.4 is 5.73 Å². The summed E-state index contributed by atoms with van der Waals surface area (Å²) in [6.45, 7) is 5.75. The summed E-state index contributed by atoms with van der Waals surface area (Å²) in [5.74, 6) is 0.541. The Morgan fingerprint density at radius 1 is 1.29 bits per heavy atom. The Labute approximate surface area is 112 Å². The van der Waals surface area contributed by atoms with Gasteiger partial charge in [-0.25, -0.2) is 0 Å². The van der Waals surface area contributed by atoms with Gasteiger partial charge in [0.25, 0.3) is 0 Å². The van der Waals surface area contributed by atoms with Gasteiger partial charge in [0.15, 0.2) is 0 Å². The zero-order valence-electron chi connectivity index (χ0n) is 10.7. The number of nitrogens with zero attached hydrogens (tertiary/aromatic N) is 1. The van der Waals surface area contributed by atoms with E-state index >= 15 is 0 Å². The number of hydrogen-bond acceptors (Lipinski definition) is 3. The summed E-state index contributed by atoms with van der Waals surface area (Å²) in [4.78, 5) is 5.44. The van der Waals surface area contributed by atoms with Crippen LogP contribution in [0, 0.1) is 5.92 Å². The summed E-state index contributed by atoms with van der Waals surface area (Å²) in [6, 6.07) is 8.32. The lowest BCUT2D eigenvalue weighted by Gasteiger charge is -2.30. The van der Waals surface area contributed by atoms with Gasteiger partial charge in [-0.2, -0.15) is 5.06 Å². The molecule has 96 valence electrons. The third-order valence-electron chi connectivity index (χ3n) is 2.61. The van der Waals surface area contributed by atoms with Gasteiger partial charge in [0.2, 0.25) is 0 Å². The van der Waals surface area contributed by atoms with E-state index in [4.69, 9.17) is 10.6 Å². The maximum atomic E-state index is 5.86. The van der Waals surface area contributed by atoms with Gasteiger partial charge in [-0.3, -0.25) is 0 Å². The molecule has 0 heterocycles. The van der Waals surface area contributed by atoms with Crippen molar-refractivity contribution >= 4 is 15.9 Å². The second-order valence-electron chi connectivity index (χ2n) is 4.48. The van der Waals surface area contributed by atoms with Gasteiger partial charge in [0.1, 0.15) is 0 Å². The Kier molecular flexibility index (Phi) is 6.12. The molecule has 1 rings (SSSR count). The molecule has 1 aromatic carbocycles. The zero-order valence-corrected chi connectivity index (χ0v) is 12.3. The van der Waals surface area contributed by atoms with Crippen LogP contribution in [0.2, 0.25) is 0 Å². The van der Waals surface area contributed by atoms with Crippen molar-refractivity contribution in [2.75, 3.05) is 20.2 Å². The number of benzene rings is 1. The Bertz CT molecular complexity index is 327. The van der Waals surface area contributed by atoms with Crippen LogP contribution in [-0.2, 0) is 4.84 Å². The molecule has 1 unspecified atom stereocenters. The number of halogens is 1. The molecule has 0 radical (unpaired) electrons. The molecule has 1 aromatic rings. The molecule has 0 aliphatic rings. The second-order valence-corrected chi connectivity index (χ2v) is 5.39. The maximum absolute atomic E-state index is 5.86. The Hall–Kier alpha value is -0.420. The summed E-state index contributed by atoms with van der Waals surface area (Å²) < 4.78 is 1.07. The topological polar surface area (TPSA) is 38.5 Å². The smallest absolute Gasteiger partial charge is 0.0724 e. The normalized spacial score (nSPS) is 13.4. The lowest BCUT2D eigenvalue weighted by molar-refractivity contribution is -0.167. The molecule has 0 aliphatic carbocycles. The quantitative estimate of drug-likeness (QED) is 0.821. The van der Waals surface area contributed by atoms with Gasteiger partial charge in [-0.15, -0.1) is 0 Å². The van der Waals surface area contributed by atoms with E-state index in [-0.39, 0.29) is 6.04 Å². The first-order chi connectivity index (χ1) is 8.08. The Morgan fingerprint density at radius 3 is 2.29 bits per heavy atom. The molecule has 0 aromatic heterocycles. The third-order valence-corrected chi connectivity index (χ3v) is 3.13. The van der Waals surface area contributed by atoms with Crippen molar-refractivity contribution in [3.05, 3.63) is 34.3 Å². The molecule has 17 heavy (non-hydrogen) atoms. The Balaban J connectivity index is 2.84. The van der Waals surface area contributed by atoms with Crippen molar-refractivity contribution in [2.45, 2.75) is 19.9 Å². The highest BCUT2D eigenvalue weighted by Gasteiger charge is 2.19. The molecule has 1 atom stereocenters.